The fourth-order valence-corrected chi connectivity index (χ4v) is 2.98. The van der Waals surface area contributed by atoms with Gasteiger partial charge in [0.05, 0.1) is 11.7 Å². The first kappa shape index (κ1) is 19.1. The number of hydrogen-bond acceptors (Lipinski definition) is 4. The van der Waals surface area contributed by atoms with Crippen molar-refractivity contribution < 1.29 is 9.53 Å². The monoisotopic (exact) mass is 428 g/mol. The Morgan fingerprint density at radius 3 is 2.37 bits per heavy atom. The standard InChI is InChI=1S/C20H21BrN4O2/c1-14(16-4-8-18(9-5-16)25-13-22-12-23-25)24(3)20(26)15(2)27-19-10-6-17(21)7-11-19/h4-15H,1-3H3/t14-,15-/m1/s1. The third kappa shape index (κ3) is 4.54. The molecule has 0 N–H and O–H groups in total. The number of carbonyl (C=O) groups excluding carboxylic acids is 1. The van der Waals surface area contributed by atoms with Crippen molar-refractivity contribution in [3.8, 4) is 11.4 Å². The summed E-state index contributed by atoms with van der Waals surface area (Å²) in [7, 11) is 1.79. The SMILES string of the molecule is C[C@H](c1ccc(-n2cncn2)cc1)N(C)C(=O)[C@@H](C)Oc1ccc(Br)cc1. The molecule has 27 heavy (non-hydrogen) atoms. The van der Waals surface area contributed by atoms with Gasteiger partial charge in [-0.3, -0.25) is 4.79 Å². The van der Waals surface area contributed by atoms with E-state index in [2.05, 4.69) is 26.0 Å². The van der Waals surface area contributed by atoms with E-state index in [1.54, 1.807) is 29.9 Å². The molecule has 7 heteroatoms. The summed E-state index contributed by atoms with van der Waals surface area (Å²) < 4.78 is 8.43. The fourth-order valence-electron chi connectivity index (χ4n) is 2.72. The molecule has 3 aromatic rings. The van der Waals surface area contributed by atoms with Crippen molar-refractivity contribution in [3.63, 3.8) is 0 Å². The first-order valence-corrected chi connectivity index (χ1v) is 9.39. The number of ether oxygens (including phenoxy) is 1. The van der Waals surface area contributed by atoms with Gasteiger partial charge >= 0.3 is 0 Å². The third-order valence-corrected chi connectivity index (χ3v) is 4.99. The summed E-state index contributed by atoms with van der Waals surface area (Å²) in [5, 5.41) is 4.11. The molecule has 6 nitrogen and oxygen atoms in total. The number of benzene rings is 2. The average Bonchev–Trinajstić information content (AvgIpc) is 3.23. The van der Waals surface area contributed by atoms with Crippen molar-refractivity contribution in [1.29, 1.82) is 0 Å². The van der Waals surface area contributed by atoms with Crippen molar-refractivity contribution in [3.05, 3.63) is 71.2 Å². The highest BCUT2D eigenvalue weighted by Gasteiger charge is 2.24. The maximum atomic E-state index is 12.8. The van der Waals surface area contributed by atoms with Crippen LogP contribution in [0.25, 0.3) is 5.69 Å². The second-order valence-corrected chi connectivity index (χ2v) is 7.19. The summed E-state index contributed by atoms with van der Waals surface area (Å²) in [6.07, 6.45) is 2.57. The number of aromatic nitrogens is 3. The van der Waals surface area contributed by atoms with E-state index >= 15 is 0 Å². The van der Waals surface area contributed by atoms with E-state index in [0.717, 1.165) is 15.7 Å². The zero-order valence-electron chi connectivity index (χ0n) is 15.4. The molecule has 0 aliphatic carbocycles. The first-order valence-electron chi connectivity index (χ1n) is 8.59. The number of nitrogens with zero attached hydrogens (tertiary/aromatic N) is 4. The molecular formula is C20H21BrN4O2. The maximum absolute atomic E-state index is 12.8. The molecule has 1 amide bonds. The predicted octanol–water partition coefficient (Wildman–Crippen LogP) is 4.02. The van der Waals surface area contributed by atoms with Gasteiger partial charge in [-0.05, 0) is 55.8 Å². The highest BCUT2D eigenvalue weighted by atomic mass is 79.9. The molecule has 0 saturated heterocycles. The van der Waals surface area contributed by atoms with Gasteiger partial charge in [-0.25, -0.2) is 9.67 Å². The van der Waals surface area contributed by atoms with E-state index < -0.39 is 6.10 Å². The molecule has 1 aromatic heterocycles. The van der Waals surface area contributed by atoms with Gasteiger partial charge < -0.3 is 9.64 Å². The summed E-state index contributed by atoms with van der Waals surface area (Å²) in [5.74, 6) is 0.586. The van der Waals surface area contributed by atoms with Gasteiger partial charge in [0.25, 0.3) is 5.91 Å². The molecule has 140 valence electrons. The highest BCUT2D eigenvalue weighted by molar-refractivity contribution is 9.10. The first-order chi connectivity index (χ1) is 13.0. The molecular weight excluding hydrogens is 408 g/mol. The van der Waals surface area contributed by atoms with E-state index in [1.807, 2.05) is 55.5 Å². The minimum absolute atomic E-state index is 0.0780. The highest BCUT2D eigenvalue weighted by Crippen LogP contribution is 2.22. The molecule has 2 atom stereocenters. The topological polar surface area (TPSA) is 60.2 Å². The van der Waals surface area contributed by atoms with Crippen molar-refractivity contribution in [1.82, 2.24) is 19.7 Å². The Bertz CT molecular complexity index is 879. The van der Waals surface area contributed by atoms with Crippen LogP contribution in [0.15, 0.2) is 65.7 Å². The van der Waals surface area contributed by atoms with Gasteiger partial charge in [0, 0.05) is 11.5 Å². The van der Waals surface area contributed by atoms with E-state index in [9.17, 15) is 4.79 Å². The van der Waals surface area contributed by atoms with Gasteiger partial charge in [-0.1, -0.05) is 28.1 Å². The van der Waals surface area contributed by atoms with Crippen LogP contribution in [-0.2, 0) is 4.79 Å². The van der Waals surface area contributed by atoms with Crippen LogP contribution in [0.2, 0.25) is 0 Å². The van der Waals surface area contributed by atoms with Crippen LogP contribution < -0.4 is 4.74 Å². The van der Waals surface area contributed by atoms with E-state index in [-0.39, 0.29) is 11.9 Å². The lowest BCUT2D eigenvalue weighted by atomic mass is 10.1. The van der Waals surface area contributed by atoms with E-state index in [4.69, 9.17) is 4.74 Å². The Hall–Kier alpha value is -2.67. The van der Waals surface area contributed by atoms with Crippen LogP contribution in [-0.4, -0.2) is 38.7 Å². The largest absolute Gasteiger partial charge is 0.481 e. The normalized spacial score (nSPS) is 13.0. The Labute approximate surface area is 166 Å². The molecule has 0 saturated carbocycles. The molecule has 0 radical (unpaired) electrons. The molecule has 0 aliphatic rings. The summed E-state index contributed by atoms with van der Waals surface area (Å²) in [6.45, 7) is 3.76. The Morgan fingerprint density at radius 1 is 1.11 bits per heavy atom. The quantitative estimate of drug-likeness (QED) is 0.594. The molecule has 0 spiro atoms. The minimum atomic E-state index is -0.576. The van der Waals surface area contributed by atoms with E-state index in [1.165, 1.54) is 6.33 Å². The van der Waals surface area contributed by atoms with Crippen LogP contribution in [0.3, 0.4) is 0 Å². The molecule has 0 bridgehead atoms. The number of halogens is 1. The van der Waals surface area contributed by atoms with Gasteiger partial charge in [-0.15, -0.1) is 0 Å². The summed E-state index contributed by atoms with van der Waals surface area (Å²) in [4.78, 5) is 18.4. The molecule has 0 aliphatic heterocycles. The van der Waals surface area contributed by atoms with Crippen molar-refractivity contribution in [2.75, 3.05) is 7.05 Å². The number of rotatable bonds is 6. The predicted molar refractivity (Wildman–Crippen MR) is 107 cm³/mol. The lowest BCUT2D eigenvalue weighted by Crippen LogP contribution is -2.39. The summed E-state index contributed by atoms with van der Waals surface area (Å²) in [6, 6.07) is 15.3. The molecule has 3 rings (SSSR count). The number of likely N-dealkylation sites (N-methyl/N-ethyl adjacent to an activating group) is 1. The van der Waals surface area contributed by atoms with Gasteiger partial charge in [0.15, 0.2) is 6.10 Å². The molecule has 2 aromatic carbocycles. The second-order valence-electron chi connectivity index (χ2n) is 6.27. The lowest BCUT2D eigenvalue weighted by Gasteiger charge is -2.28. The maximum Gasteiger partial charge on any atom is 0.263 e. The smallest absolute Gasteiger partial charge is 0.263 e. The van der Waals surface area contributed by atoms with Crippen molar-refractivity contribution >= 4 is 21.8 Å². The van der Waals surface area contributed by atoms with Crippen molar-refractivity contribution in [2.24, 2.45) is 0 Å². The van der Waals surface area contributed by atoms with Crippen LogP contribution in [0.1, 0.15) is 25.5 Å². The van der Waals surface area contributed by atoms with E-state index in [0.29, 0.717) is 5.75 Å². The summed E-state index contributed by atoms with van der Waals surface area (Å²) >= 11 is 3.39. The zero-order chi connectivity index (χ0) is 19.4. The molecule has 1 heterocycles. The Morgan fingerprint density at radius 2 is 1.78 bits per heavy atom. The Balaban J connectivity index is 1.65. The molecule has 0 fully saturated rings. The van der Waals surface area contributed by atoms with Crippen LogP contribution in [0.5, 0.6) is 5.75 Å². The van der Waals surface area contributed by atoms with Gasteiger partial charge in [0.1, 0.15) is 18.4 Å². The number of carbonyl (C=O) groups is 1. The number of amides is 1. The molecule has 0 unspecified atom stereocenters. The second kappa shape index (κ2) is 8.35. The van der Waals surface area contributed by atoms with Crippen LogP contribution in [0.4, 0.5) is 0 Å². The average molecular weight is 429 g/mol. The summed E-state index contributed by atoms with van der Waals surface area (Å²) in [5.41, 5.74) is 1.95. The fraction of sp³-hybridized carbons (Fsp3) is 0.250. The van der Waals surface area contributed by atoms with Crippen LogP contribution in [0, 0.1) is 0 Å². The third-order valence-electron chi connectivity index (χ3n) is 4.46. The van der Waals surface area contributed by atoms with Crippen LogP contribution >= 0.6 is 15.9 Å². The van der Waals surface area contributed by atoms with Gasteiger partial charge in [-0.2, -0.15) is 5.10 Å². The van der Waals surface area contributed by atoms with Gasteiger partial charge in [0.2, 0.25) is 0 Å². The number of hydrogen-bond donors (Lipinski definition) is 0. The van der Waals surface area contributed by atoms with Crippen molar-refractivity contribution in [2.45, 2.75) is 26.0 Å². The zero-order valence-corrected chi connectivity index (χ0v) is 17.0. The lowest BCUT2D eigenvalue weighted by molar-refractivity contribution is -0.138. The Kier molecular flexibility index (Phi) is 5.91. The minimum Gasteiger partial charge on any atom is -0.481 e.